The smallest absolute Gasteiger partial charge is 0.196 e. The maximum Gasteiger partial charge on any atom is 0.196 e. The lowest BCUT2D eigenvalue weighted by Crippen LogP contribution is -2.04. The van der Waals surface area contributed by atoms with Crippen molar-refractivity contribution in [3.8, 4) is 28.6 Å². The van der Waals surface area contributed by atoms with Crippen LogP contribution in [0.2, 0.25) is 0 Å². The van der Waals surface area contributed by atoms with Crippen LogP contribution < -0.4 is 9.47 Å². The summed E-state index contributed by atoms with van der Waals surface area (Å²) in [6.45, 7) is 4.36. The highest BCUT2D eigenvalue weighted by atomic mass is 32.2. The molecule has 0 saturated heterocycles. The number of aromatic nitrogens is 4. The zero-order valence-electron chi connectivity index (χ0n) is 17.0. The first-order valence-electron chi connectivity index (χ1n) is 9.57. The molecule has 4 rings (SSSR count). The number of methoxy groups -OCH3 is 2. The summed E-state index contributed by atoms with van der Waals surface area (Å²) < 4.78 is 13.2. The molecular formula is C22H24N4O2S. The van der Waals surface area contributed by atoms with E-state index in [1.165, 1.54) is 0 Å². The number of benzene rings is 2. The summed E-state index contributed by atoms with van der Waals surface area (Å²) in [7, 11) is 3.33. The van der Waals surface area contributed by atoms with Crippen molar-refractivity contribution < 1.29 is 9.47 Å². The van der Waals surface area contributed by atoms with Crippen LogP contribution in [0.3, 0.4) is 0 Å². The SMILES string of the molecule is CC[C@@H](C)Sc1nnc(-c2c[nH]c3ccccc23)n1-c1cc(OC)ccc1OC. The third-order valence-corrected chi connectivity index (χ3v) is 6.18. The van der Waals surface area contributed by atoms with Crippen molar-refractivity contribution in [1.82, 2.24) is 19.7 Å². The highest BCUT2D eigenvalue weighted by molar-refractivity contribution is 7.99. The first-order chi connectivity index (χ1) is 14.2. The lowest BCUT2D eigenvalue weighted by atomic mass is 10.1. The number of para-hydroxylation sites is 1. The van der Waals surface area contributed by atoms with E-state index < -0.39 is 0 Å². The molecule has 7 heteroatoms. The molecule has 2 heterocycles. The molecule has 0 bridgehead atoms. The minimum Gasteiger partial charge on any atom is -0.497 e. The topological polar surface area (TPSA) is 65.0 Å². The van der Waals surface area contributed by atoms with Crippen LogP contribution in [0.4, 0.5) is 0 Å². The Balaban J connectivity index is 1.97. The van der Waals surface area contributed by atoms with Gasteiger partial charge in [0.1, 0.15) is 11.5 Å². The van der Waals surface area contributed by atoms with Gasteiger partial charge in [-0.2, -0.15) is 0 Å². The van der Waals surface area contributed by atoms with Gasteiger partial charge in [0.25, 0.3) is 0 Å². The molecule has 4 aromatic rings. The van der Waals surface area contributed by atoms with Crippen LogP contribution in [0, 0.1) is 0 Å². The van der Waals surface area contributed by atoms with Gasteiger partial charge < -0.3 is 14.5 Å². The molecule has 2 aromatic carbocycles. The number of thioether (sulfide) groups is 1. The van der Waals surface area contributed by atoms with E-state index in [0.717, 1.165) is 51.1 Å². The molecule has 0 spiro atoms. The van der Waals surface area contributed by atoms with Gasteiger partial charge in [0.2, 0.25) is 0 Å². The monoisotopic (exact) mass is 408 g/mol. The normalized spacial score (nSPS) is 12.3. The van der Waals surface area contributed by atoms with Crippen LogP contribution >= 0.6 is 11.8 Å². The number of H-pyrrole nitrogens is 1. The van der Waals surface area contributed by atoms with E-state index in [4.69, 9.17) is 9.47 Å². The van der Waals surface area contributed by atoms with E-state index in [9.17, 15) is 0 Å². The van der Waals surface area contributed by atoms with E-state index in [2.05, 4.69) is 45.7 Å². The second-order valence-electron chi connectivity index (χ2n) is 6.76. The lowest BCUT2D eigenvalue weighted by molar-refractivity contribution is 0.401. The molecule has 0 fully saturated rings. The van der Waals surface area contributed by atoms with Gasteiger partial charge in [-0.25, -0.2) is 0 Å². The molecule has 150 valence electrons. The zero-order valence-corrected chi connectivity index (χ0v) is 17.8. The van der Waals surface area contributed by atoms with Crippen LogP contribution in [0.1, 0.15) is 20.3 Å². The largest absolute Gasteiger partial charge is 0.497 e. The first-order valence-corrected chi connectivity index (χ1v) is 10.4. The number of fused-ring (bicyclic) bond motifs is 1. The molecule has 29 heavy (non-hydrogen) atoms. The fraction of sp³-hybridized carbons (Fsp3) is 0.273. The fourth-order valence-electron chi connectivity index (χ4n) is 3.23. The van der Waals surface area contributed by atoms with E-state index in [1.807, 2.05) is 36.5 Å². The highest BCUT2D eigenvalue weighted by Crippen LogP contribution is 2.38. The summed E-state index contributed by atoms with van der Waals surface area (Å²) >= 11 is 1.70. The third kappa shape index (κ3) is 3.58. The Labute approximate surface area is 174 Å². The Morgan fingerprint density at radius 3 is 2.69 bits per heavy atom. The number of hydrogen-bond acceptors (Lipinski definition) is 5. The summed E-state index contributed by atoms with van der Waals surface area (Å²) in [6.07, 6.45) is 3.02. The quantitative estimate of drug-likeness (QED) is 0.419. The van der Waals surface area contributed by atoms with Crippen molar-refractivity contribution in [3.05, 3.63) is 48.7 Å². The number of nitrogens with zero attached hydrogens (tertiary/aromatic N) is 3. The maximum atomic E-state index is 5.67. The predicted molar refractivity (Wildman–Crippen MR) is 117 cm³/mol. The van der Waals surface area contributed by atoms with Gasteiger partial charge in [0.15, 0.2) is 11.0 Å². The standard InChI is InChI=1S/C22H24N4O2S/c1-5-14(2)29-22-25-24-21(17-13-23-18-9-7-6-8-16(17)18)26(22)19-12-15(27-3)10-11-20(19)28-4/h6-14,23H,5H2,1-4H3/t14-/m1/s1. The average molecular weight is 409 g/mol. The van der Waals surface area contributed by atoms with Crippen molar-refractivity contribution in [2.75, 3.05) is 14.2 Å². The third-order valence-electron chi connectivity index (χ3n) is 4.97. The molecule has 0 aliphatic carbocycles. The Morgan fingerprint density at radius 1 is 1.10 bits per heavy atom. The Kier molecular flexibility index (Phi) is 5.49. The Hall–Kier alpha value is -2.93. The molecule has 0 aliphatic rings. The van der Waals surface area contributed by atoms with E-state index in [-0.39, 0.29) is 0 Å². The van der Waals surface area contributed by atoms with Gasteiger partial charge in [0.05, 0.1) is 19.9 Å². The maximum absolute atomic E-state index is 5.67. The van der Waals surface area contributed by atoms with Crippen LogP contribution in [-0.2, 0) is 0 Å². The van der Waals surface area contributed by atoms with Crippen molar-refractivity contribution in [2.45, 2.75) is 30.7 Å². The first kappa shape index (κ1) is 19.4. The highest BCUT2D eigenvalue weighted by Gasteiger charge is 2.22. The number of aromatic amines is 1. The second kappa shape index (κ2) is 8.21. The second-order valence-corrected chi connectivity index (χ2v) is 8.17. The van der Waals surface area contributed by atoms with E-state index in [0.29, 0.717) is 5.25 Å². The minimum absolute atomic E-state index is 0.408. The van der Waals surface area contributed by atoms with Crippen molar-refractivity contribution in [1.29, 1.82) is 0 Å². The van der Waals surface area contributed by atoms with Gasteiger partial charge >= 0.3 is 0 Å². The van der Waals surface area contributed by atoms with Gasteiger partial charge in [0, 0.05) is 34.0 Å². The van der Waals surface area contributed by atoms with Crippen molar-refractivity contribution >= 4 is 22.7 Å². The van der Waals surface area contributed by atoms with Crippen LogP contribution in [0.15, 0.2) is 53.8 Å². The molecule has 1 N–H and O–H groups in total. The molecule has 1 atom stereocenters. The molecule has 0 aliphatic heterocycles. The number of rotatable bonds is 7. The van der Waals surface area contributed by atoms with Crippen molar-refractivity contribution in [2.24, 2.45) is 0 Å². The molecule has 0 saturated carbocycles. The Morgan fingerprint density at radius 2 is 1.93 bits per heavy atom. The summed E-state index contributed by atoms with van der Waals surface area (Å²) in [5.74, 6) is 2.25. The van der Waals surface area contributed by atoms with Gasteiger partial charge in [-0.15, -0.1) is 10.2 Å². The number of hydrogen-bond donors (Lipinski definition) is 1. The molecule has 6 nitrogen and oxygen atoms in total. The van der Waals surface area contributed by atoms with Crippen LogP contribution in [-0.4, -0.2) is 39.2 Å². The fourth-order valence-corrected chi connectivity index (χ4v) is 4.13. The van der Waals surface area contributed by atoms with Crippen molar-refractivity contribution in [3.63, 3.8) is 0 Å². The number of nitrogens with one attached hydrogen (secondary N) is 1. The van der Waals surface area contributed by atoms with Gasteiger partial charge in [-0.05, 0) is 24.6 Å². The number of ether oxygens (including phenoxy) is 2. The minimum atomic E-state index is 0.408. The van der Waals surface area contributed by atoms with Crippen LogP contribution in [0.25, 0.3) is 28.0 Å². The van der Waals surface area contributed by atoms with E-state index >= 15 is 0 Å². The predicted octanol–water partition coefficient (Wildman–Crippen LogP) is 5.32. The molecule has 0 unspecified atom stereocenters. The summed E-state index contributed by atoms with van der Waals surface area (Å²) in [4.78, 5) is 3.33. The van der Waals surface area contributed by atoms with Gasteiger partial charge in [-0.3, -0.25) is 4.57 Å². The van der Waals surface area contributed by atoms with E-state index in [1.54, 1.807) is 26.0 Å². The van der Waals surface area contributed by atoms with Gasteiger partial charge in [-0.1, -0.05) is 43.8 Å². The molecular weight excluding hydrogens is 384 g/mol. The zero-order chi connectivity index (χ0) is 20.4. The molecule has 2 aromatic heterocycles. The van der Waals surface area contributed by atoms with Crippen LogP contribution in [0.5, 0.6) is 11.5 Å². The summed E-state index contributed by atoms with van der Waals surface area (Å²) in [6, 6.07) is 13.9. The summed E-state index contributed by atoms with van der Waals surface area (Å²) in [5.41, 5.74) is 2.91. The summed E-state index contributed by atoms with van der Waals surface area (Å²) in [5, 5.41) is 11.5. The molecule has 0 amide bonds. The Bertz CT molecular complexity index is 1140. The molecule has 0 radical (unpaired) electrons. The lowest BCUT2D eigenvalue weighted by Gasteiger charge is -2.16. The average Bonchev–Trinajstić information content (AvgIpc) is 3.36.